The highest BCUT2D eigenvalue weighted by atomic mass is 16.6. The van der Waals surface area contributed by atoms with Crippen molar-refractivity contribution in [2.45, 2.75) is 39.8 Å². The van der Waals surface area contributed by atoms with E-state index in [1.54, 1.807) is 32.9 Å². The summed E-state index contributed by atoms with van der Waals surface area (Å²) in [6.45, 7) is 7.39. The number of amides is 1. The topological polar surface area (TPSA) is 64.6 Å². The van der Waals surface area contributed by atoms with Crippen molar-refractivity contribution in [3.63, 3.8) is 0 Å². The van der Waals surface area contributed by atoms with E-state index in [4.69, 9.17) is 9.47 Å². The first-order valence-electron chi connectivity index (χ1n) is 5.62. The first kappa shape index (κ1) is 13.5. The molecule has 1 aliphatic heterocycles. The van der Waals surface area contributed by atoms with E-state index in [0.717, 1.165) is 0 Å². The number of nitrogens with one attached hydrogen (secondary N) is 1. The minimum atomic E-state index is -0.566. The highest BCUT2D eigenvalue weighted by molar-refractivity contribution is 5.76. The highest BCUT2D eigenvalue weighted by Crippen LogP contribution is 2.18. The third-order valence-corrected chi connectivity index (χ3v) is 2.33. The molecule has 96 valence electrons. The molecule has 0 aromatic rings. The number of alkyl carbamates (subject to hydrolysis) is 1. The zero-order valence-corrected chi connectivity index (χ0v) is 10.6. The summed E-state index contributed by atoms with van der Waals surface area (Å²) < 4.78 is 10.2. The zero-order chi connectivity index (χ0) is 13.1. The van der Waals surface area contributed by atoms with Gasteiger partial charge in [-0.25, -0.2) is 4.79 Å². The van der Waals surface area contributed by atoms with Crippen LogP contribution in [0.1, 0.15) is 27.7 Å². The van der Waals surface area contributed by atoms with Crippen LogP contribution in [0.5, 0.6) is 0 Å². The number of rotatable bonds is 3. The summed E-state index contributed by atoms with van der Waals surface area (Å²) in [7, 11) is 0. The third-order valence-electron chi connectivity index (χ3n) is 2.33. The largest absolute Gasteiger partial charge is 0.455 e. The molecule has 0 saturated carbocycles. The summed E-state index contributed by atoms with van der Waals surface area (Å²) in [6, 6.07) is -0.315. The second-order valence-corrected chi connectivity index (χ2v) is 5.00. The minimum Gasteiger partial charge on any atom is -0.455 e. The Labute approximate surface area is 101 Å². The Hall–Kier alpha value is -1.52. The van der Waals surface area contributed by atoms with Crippen LogP contribution in [-0.4, -0.2) is 30.8 Å². The summed E-state index contributed by atoms with van der Waals surface area (Å²) in [5.74, 6) is -0.304. The number of ether oxygens (including phenoxy) is 2. The fraction of sp³-hybridized carbons (Fsp3) is 0.667. The number of esters is 1. The average molecular weight is 241 g/mol. The van der Waals surface area contributed by atoms with E-state index in [-0.39, 0.29) is 18.6 Å². The van der Waals surface area contributed by atoms with E-state index in [0.29, 0.717) is 0 Å². The van der Waals surface area contributed by atoms with Crippen molar-refractivity contribution in [1.82, 2.24) is 5.32 Å². The molecule has 0 aliphatic carbocycles. The van der Waals surface area contributed by atoms with Crippen LogP contribution in [0.2, 0.25) is 0 Å². The maximum atomic E-state index is 11.8. The monoisotopic (exact) mass is 241 g/mol. The molecule has 1 fully saturated rings. The summed E-state index contributed by atoms with van der Waals surface area (Å²) in [6.07, 6.45) is 2.56. The number of allylic oxidation sites excluding steroid dienone is 1. The predicted molar refractivity (Wildman–Crippen MR) is 62.4 cm³/mol. The van der Waals surface area contributed by atoms with Gasteiger partial charge in [0.1, 0.15) is 18.8 Å². The quantitative estimate of drug-likeness (QED) is 0.602. The molecule has 5 heteroatoms. The van der Waals surface area contributed by atoms with Crippen molar-refractivity contribution in [2.24, 2.45) is 5.41 Å². The Morgan fingerprint density at radius 2 is 2.24 bits per heavy atom. The lowest BCUT2D eigenvalue weighted by atomic mass is 9.97. The van der Waals surface area contributed by atoms with Gasteiger partial charge >= 0.3 is 12.1 Å². The van der Waals surface area contributed by atoms with Gasteiger partial charge in [-0.05, 0) is 33.8 Å². The summed E-state index contributed by atoms with van der Waals surface area (Å²) in [4.78, 5) is 22.7. The summed E-state index contributed by atoms with van der Waals surface area (Å²) >= 11 is 0. The third kappa shape index (κ3) is 3.76. The zero-order valence-electron chi connectivity index (χ0n) is 10.6. The van der Waals surface area contributed by atoms with Gasteiger partial charge in [0, 0.05) is 0 Å². The fourth-order valence-corrected chi connectivity index (χ4v) is 1.32. The number of carbonyl (C=O) groups excluding carboxylic acids is 2. The fourth-order valence-electron chi connectivity index (χ4n) is 1.32. The summed E-state index contributed by atoms with van der Waals surface area (Å²) in [5.41, 5.74) is -0.566. The van der Waals surface area contributed by atoms with Crippen molar-refractivity contribution in [3.8, 4) is 0 Å². The molecular formula is C12H19NO4. The Bertz CT molecular complexity index is 330. The second-order valence-electron chi connectivity index (χ2n) is 5.00. The molecule has 1 rings (SSSR count). The maximum Gasteiger partial charge on any atom is 0.407 e. The molecule has 1 N–H and O–H groups in total. The predicted octanol–water partition coefficient (Wildman–Crippen LogP) is 1.63. The van der Waals surface area contributed by atoms with Crippen molar-refractivity contribution in [1.29, 1.82) is 0 Å². The molecule has 0 spiro atoms. The molecule has 1 saturated heterocycles. The van der Waals surface area contributed by atoms with E-state index in [2.05, 4.69) is 5.32 Å². The Balaban J connectivity index is 2.67. The van der Waals surface area contributed by atoms with Gasteiger partial charge in [-0.15, -0.1) is 0 Å². The molecule has 0 radical (unpaired) electrons. The molecular weight excluding hydrogens is 222 g/mol. The second kappa shape index (κ2) is 5.21. The molecule has 0 aromatic heterocycles. The molecule has 1 amide bonds. The number of carbonyl (C=O) groups is 2. The number of hydrogen-bond donors (Lipinski definition) is 1. The van der Waals surface area contributed by atoms with Crippen molar-refractivity contribution < 1.29 is 19.1 Å². The van der Waals surface area contributed by atoms with Gasteiger partial charge in [-0.3, -0.25) is 4.79 Å². The molecule has 17 heavy (non-hydrogen) atoms. The standard InChI is InChI=1S/C12H19NO4/c1-5-6-9(8-7-16-11(15)13-8)17-10(14)12(2,3)4/h5-6,8-9H,7H2,1-4H3,(H,13,15)/b6-5+/t8-,9+/m1/s1. The first-order chi connectivity index (χ1) is 7.84. The van der Waals surface area contributed by atoms with Crippen molar-refractivity contribution >= 4 is 12.1 Å². The lowest BCUT2D eigenvalue weighted by Crippen LogP contribution is -2.41. The van der Waals surface area contributed by atoms with E-state index in [1.165, 1.54) is 0 Å². The van der Waals surface area contributed by atoms with Gasteiger partial charge in [0.25, 0.3) is 0 Å². The number of hydrogen-bond acceptors (Lipinski definition) is 4. The molecule has 2 atom stereocenters. The summed E-state index contributed by atoms with van der Waals surface area (Å²) in [5, 5.41) is 2.61. The van der Waals surface area contributed by atoms with Gasteiger partial charge in [0.15, 0.2) is 0 Å². The van der Waals surface area contributed by atoms with Crippen LogP contribution < -0.4 is 5.32 Å². The Morgan fingerprint density at radius 1 is 1.59 bits per heavy atom. The van der Waals surface area contributed by atoms with Crippen LogP contribution in [0.25, 0.3) is 0 Å². The van der Waals surface area contributed by atoms with Crippen LogP contribution in [0.15, 0.2) is 12.2 Å². The normalized spacial score (nSPS) is 22.1. The van der Waals surface area contributed by atoms with E-state index < -0.39 is 17.6 Å². The Kier molecular flexibility index (Phi) is 4.15. The lowest BCUT2D eigenvalue weighted by molar-refractivity contribution is -0.157. The van der Waals surface area contributed by atoms with E-state index in [9.17, 15) is 9.59 Å². The van der Waals surface area contributed by atoms with Crippen LogP contribution in [-0.2, 0) is 14.3 Å². The van der Waals surface area contributed by atoms with E-state index in [1.807, 2.05) is 6.92 Å². The Morgan fingerprint density at radius 3 is 2.65 bits per heavy atom. The van der Waals surface area contributed by atoms with E-state index >= 15 is 0 Å². The lowest BCUT2D eigenvalue weighted by Gasteiger charge is -2.24. The first-order valence-corrected chi connectivity index (χ1v) is 5.62. The molecule has 1 heterocycles. The van der Waals surface area contributed by atoms with Gasteiger partial charge in [-0.2, -0.15) is 0 Å². The maximum absolute atomic E-state index is 11.8. The van der Waals surface area contributed by atoms with Crippen molar-refractivity contribution in [2.75, 3.05) is 6.61 Å². The van der Waals surface area contributed by atoms with Gasteiger partial charge < -0.3 is 14.8 Å². The average Bonchev–Trinajstić information content (AvgIpc) is 2.62. The van der Waals surface area contributed by atoms with Gasteiger partial charge in [0.2, 0.25) is 0 Å². The molecule has 1 aliphatic rings. The van der Waals surface area contributed by atoms with Gasteiger partial charge in [0.05, 0.1) is 5.41 Å². The van der Waals surface area contributed by atoms with Crippen LogP contribution in [0.3, 0.4) is 0 Å². The molecule has 0 bridgehead atoms. The van der Waals surface area contributed by atoms with Crippen molar-refractivity contribution in [3.05, 3.63) is 12.2 Å². The van der Waals surface area contributed by atoms with Crippen LogP contribution >= 0.6 is 0 Å². The molecule has 0 unspecified atom stereocenters. The number of cyclic esters (lactones) is 1. The smallest absolute Gasteiger partial charge is 0.407 e. The van der Waals surface area contributed by atoms with Crippen LogP contribution in [0.4, 0.5) is 4.79 Å². The molecule has 5 nitrogen and oxygen atoms in total. The van der Waals surface area contributed by atoms with Gasteiger partial charge in [-0.1, -0.05) is 6.08 Å². The minimum absolute atomic E-state index is 0.214. The highest BCUT2D eigenvalue weighted by Gasteiger charge is 2.33. The SMILES string of the molecule is C/C=C/[C@H](OC(=O)C(C)(C)C)[C@H]1COC(=O)N1. The van der Waals surface area contributed by atoms with Crippen LogP contribution in [0, 0.1) is 5.41 Å². The molecule has 0 aromatic carbocycles.